The number of methoxy groups -OCH3 is 2. The summed E-state index contributed by atoms with van der Waals surface area (Å²) in [6.45, 7) is 3.15. The minimum absolute atomic E-state index is 0.00175. The lowest BCUT2D eigenvalue weighted by Crippen LogP contribution is -2.49. The van der Waals surface area contributed by atoms with Gasteiger partial charge in [0.1, 0.15) is 34.8 Å². The lowest BCUT2D eigenvalue weighted by molar-refractivity contribution is 0.102. The third-order valence-corrected chi connectivity index (χ3v) is 12.5. The zero-order valence-corrected chi connectivity index (χ0v) is 41.7. The molecule has 4 fully saturated rings. The van der Waals surface area contributed by atoms with Crippen molar-refractivity contribution < 1.29 is 37.4 Å². The summed E-state index contributed by atoms with van der Waals surface area (Å²) in [5, 5.41) is 13.1. The van der Waals surface area contributed by atoms with E-state index in [2.05, 4.69) is 46.2 Å². The summed E-state index contributed by atoms with van der Waals surface area (Å²) < 4.78 is 37.5. The average molecular weight is 1030 g/mol. The smallest absolute Gasteiger partial charge is 0.317 e. The Morgan fingerprint density at radius 1 is 0.704 bits per heavy atom. The number of nitrogens with one attached hydrogen (secondary N) is 4. The third kappa shape index (κ3) is 17.3. The number of carbonyl (C=O) groups is 3. The highest BCUT2D eigenvalue weighted by Crippen LogP contribution is 2.27. The lowest BCUT2D eigenvalue weighted by atomic mass is 9.95. The quantitative estimate of drug-likeness (QED) is 0.0340. The molecule has 2 amide bonds. The Morgan fingerprint density at radius 2 is 1.15 bits per heavy atom. The zero-order valence-electron chi connectivity index (χ0n) is 40.2. The normalized spacial score (nSPS) is 16.5. The first-order valence-electron chi connectivity index (χ1n) is 23.9. The van der Waals surface area contributed by atoms with Crippen LogP contribution in [-0.2, 0) is 4.79 Å². The van der Waals surface area contributed by atoms with E-state index in [9.17, 15) is 28.0 Å². The first-order valence-corrected chi connectivity index (χ1v) is 24.9. The molecule has 4 heterocycles. The van der Waals surface area contributed by atoms with E-state index in [0.29, 0.717) is 37.1 Å². The van der Waals surface area contributed by atoms with Crippen molar-refractivity contribution in [2.24, 2.45) is 4.99 Å². The van der Waals surface area contributed by atoms with Crippen LogP contribution in [0.1, 0.15) is 122 Å². The minimum atomic E-state index is -0.555. The summed E-state index contributed by atoms with van der Waals surface area (Å²) in [7, 11) is 2.82. The number of rotatable bonds is 12. The Labute approximate surface area is 422 Å². The molecule has 71 heavy (non-hydrogen) atoms. The molecule has 2 saturated carbocycles. The van der Waals surface area contributed by atoms with Crippen LogP contribution in [0.2, 0.25) is 0 Å². The summed E-state index contributed by atoms with van der Waals surface area (Å²) in [6.07, 6.45) is 19.4. The van der Waals surface area contributed by atoms with Gasteiger partial charge in [-0.05, 0) is 101 Å². The van der Waals surface area contributed by atoms with Gasteiger partial charge in [0.05, 0.1) is 47.9 Å². The summed E-state index contributed by atoms with van der Waals surface area (Å²) in [5.74, 6) is -0.846. The van der Waals surface area contributed by atoms with Crippen molar-refractivity contribution in [3.05, 3.63) is 82.7 Å². The molecule has 18 nitrogen and oxygen atoms in total. The second-order valence-corrected chi connectivity index (χ2v) is 18.1. The maximum absolute atomic E-state index is 13.7. The highest BCUT2D eigenvalue weighted by molar-refractivity contribution is 6.40. The van der Waals surface area contributed by atoms with Gasteiger partial charge in [-0.2, -0.15) is 9.97 Å². The van der Waals surface area contributed by atoms with Gasteiger partial charge in [-0.15, -0.1) is 23.2 Å². The van der Waals surface area contributed by atoms with Crippen molar-refractivity contribution in [2.75, 3.05) is 67.8 Å². The molecule has 2 aromatic heterocycles. The Morgan fingerprint density at radius 3 is 1.59 bits per heavy atom. The van der Waals surface area contributed by atoms with Gasteiger partial charge in [-0.1, -0.05) is 38.5 Å². The van der Waals surface area contributed by atoms with E-state index in [1.807, 2.05) is 4.90 Å². The maximum Gasteiger partial charge on any atom is 0.317 e. The number of aliphatic imine (C=N–C) groups is 1. The Bertz CT molecular complexity index is 2410. The molecule has 384 valence electrons. The fourth-order valence-corrected chi connectivity index (χ4v) is 8.64. The van der Waals surface area contributed by atoms with Gasteiger partial charge < -0.3 is 47.1 Å². The molecule has 4 aromatic rings. The molecule has 4 aliphatic rings. The SMILES string of the molecule is COc1ccc(F)cc1C(=O)c1cnc(NC2CCN(C(=O)NC3CCCCC3)CC2)nc1N.COc1ccc(F)cc1C(=O)c1cnc(NC2CCNCC2)nc1N.ClCCl.O=C=NC1CCCCC1. The van der Waals surface area contributed by atoms with Crippen molar-refractivity contribution in [2.45, 2.75) is 114 Å². The molecule has 22 heteroatoms. The van der Waals surface area contributed by atoms with Gasteiger partial charge in [0.25, 0.3) is 0 Å². The van der Waals surface area contributed by atoms with Crippen molar-refractivity contribution in [3.8, 4) is 11.5 Å². The topological polar surface area (TPSA) is 254 Å². The standard InChI is InChI=1S/C24H31FN6O3.C17H20FN5O2.C7H11NO.CH2Cl2/c1-34-20-8-7-15(25)13-18(20)21(32)19-14-27-23(30-22(19)26)28-17-9-11-31(12-10-17)24(33)29-16-5-3-2-4-6-16;1-25-14-3-2-10(18)8-12(14)15(24)13-9-21-17(23-16(13)19)22-11-4-6-20-7-5-11;9-6-8-7-4-2-1-3-5-7;2-1-3/h7-8,13-14,16-17H,2-6,9-12H2,1H3,(H,29,33)(H3,26,27,28,30);2-3,8-9,11,20H,4-7H2,1H3,(H3,19,21,22,23);7H,1-5H2;1H2. The number of likely N-dealkylation sites (tertiary alicyclic amines) is 1. The molecule has 8 rings (SSSR count). The third-order valence-electron chi connectivity index (χ3n) is 12.5. The van der Waals surface area contributed by atoms with E-state index >= 15 is 0 Å². The van der Waals surface area contributed by atoms with Crippen LogP contribution in [-0.4, -0.2) is 118 Å². The number of alkyl halides is 2. The van der Waals surface area contributed by atoms with Gasteiger partial charge in [0.15, 0.2) is 0 Å². The maximum atomic E-state index is 13.7. The van der Waals surface area contributed by atoms with Gasteiger partial charge in [0, 0.05) is 43.6 Å². The first-order chi connectivity index (χ1) is 34.4. The van der Waals surface area contributed by atoms with E-state index in [-0.39, 0.29) is 68.8 Å². The number of hydrogen-bond donors (Lipinski definition) is 6. The van der Waals surface area contributed by atoms with Crippen molar-refractivity contribution in [3.63, 3.8) is 0 Å². The van der Waals surface area contributed by atoms with E-state index in [4.69, 9.17) is 44.1 Å². The second kappa shape index (κ2) is 29.2. The van der Waals surface area contributed by atoms with E-state index in [1.54, 1.807) is 6.08 Å². The number of anilines is 4. The van der Waals surface area contributed by atoms with Crippen LogP contribution in [0.25, 0.3) is 0 Å². The summed E-state index contributed by atoms with van der Waals surface area (Å²) in [5.41, 5.74) is 12.3. The van der Waals surface area contributed by atoms with Crippen molar-refractivity contribution in [1.29, 1.82) is 0 Å². The Kier molecular flexibility index (Phi) is 22.9. The van der Waals surface area contributed by atoms with Crippen LogP contribution in [0.4, 0.5) is 37.1 Å². The van der Waals surface area contributed by atoms with Crippen molar-refractivity contribution >= 4 is 70.4 Å². The number of hydrogen-bond acceptors (Lipinski definition) is 16. The fourth-order valence-electron chi connectivity index (χ4n) is 8.64. The number of benzene rings is 2. The van der Waals surface area contributed by atoms with Crippen LogP contribution in [0, 0.1) is 11.6 Å². The molecule has 2 aliphatic heterocycles. The molecule has 2 saturated heterocycles. The predicted octanol–water partition coefficient (Wildman–Crippen LogP) is 8.03. The molecular weight excluding hydrogens is 962 g/mol. The van der Waals surface area contributed by atoms with E-state index in [1.165, 1.54) is 89.4 Å². The summed E-state index contributed by atoms with van der Waals surface area (Å²) in [6, 6.07) is 8.40. The highest BCUT2D eigenvalue weighted by Gasteiger charge is 2.27. The number of halogens is 4. The van der Waals surface area contributed by atoms with Crippen LogP contribution in [0.15, 0.2) is 53.8 Å². The van der Waals surface area contributed by atoms with Crippen molar-refractivity contribution in [1.82, 2.24) is 35.5 Å². The van der Waals surface area contributed by atoms with Gasteiger partial charge in [0.2, 0.25) is 29.5 Å². The summed E-state index contributed by atoms with van der Waals surface area (Å²) >= 11 is 9.53. The van der Waals surface area contributed by atoms with Crippen LogP contribution >= 0.6 is 23.2 Å². The Hall–Kier alpha value is -6.21. The van der Waals surface area contributed by atoms with Crippen LogP contribution < -0.4 is 42.2 Å². The monoisotopic (exact) mass is 1020 g/mol. The molecule has 2 aromatic carbocycles. The highest BCUT2D eigenvalue weighted by atomic mass is 35.5. The molecule has 0 bridgehead atoms. The number of nitrogens with two attached hydrogens (primary N) is 2. The average Bonchev–Trinajstić information content (AvgIpc) is 3.38. The van der Waals surface area contributed by atoms with Gasteiger partial charge in [-0.25, -0.2) is 33.3 Å². The number of isocyanates is 1. The zero-order chi connectivity index (χ0) is 51.1. The second-order valence-electron chi connectivity index (χ2n) is 17.3. The number of carbonyl (C=O) groups excluding carboxylic acids is 4. The summed E-state index contributed by atoms with van der Waals surface area (Å²) in [4.78, 5) is 70.2. The molecule has 0 radical (unpaired) electrons. The fraction of sp³-hybridized carbons (Fsp3) is 0.510. The number of piperidine rings is 2. The van der Waals surface area contributed by atoms with Gasteiger partial charge in [-0.3, -0.25) is 9.59 Å². The molecule has 0 unspecified atom stereocenters. The van der Waals surface area contributed by atoms with Crippen LogP contribution in [0.3, 0.4) is 0 Å². The largest absolute Gasteiger partial charge is 0.496 e. The predicted molar refractivity (Wildman–Crippen MR) is 270 cm³/mol. The molecule has 8 N–H and O–H groups in total. The minimum Gasteiger partial charge on any atom is -0.496 e. The number of nitrogen functional groups attached to an aromatic ring is 2. The number of urea groups is 1. The molecular formula is C49H64Cl2F2N12O6. The number of nitrogens with zero attached hydrogens (tertiary/aromatic N) is 6. The lowest BCUT2D eigenvalue weighted by Gasteiger charge is -2.34. The van der Waals surface area contributed by atoms with Crippen LogP contribution in [0.5, 0.6) is 11.5 Å². The first kappa shape index (κ1) is 55.7. The molecule has 2 aliphatic carbocycles. The number of amides is 2. The Balaban J connectivity index is 0.000000220. The number of ketones is 2. The van der Waals surface area contributed by atoms with E-state index in [0.717, 1.165) is 76.6 Å². The van der Waals surface area contributed by atoms with E-state index < -0.39 is 23.2 Å². The molecule has 0 spiro atoms. The number of ether oxygens (including phenoxy) is 2. The number of aromatic nitrogens is 4. The van der Waals surface area contributed by atoms with Gasteiger partial charge >= 0.3 is 6.03 Å². The molecule has 0 atom stereocenters.